The van der Waals surface area contributed by atoms with Crippen molar-refractivity contribution in [3.05, 3.63) is 82.8 Å². The molecule has 0 saturated carbocycles. The fraction of sp³-hybridized carbons (Fsp3) is 0.500. The number of nitrogens with one attached hydrogen (secondary N) is 2. The number of anilines is 4. The molecule has 17 heteroatoms. The van der Waals surface area contributed by atoms with E-state index in [-0.39, 0.29) is 24.7 Å². The smallest absolute Gasteiger partial charge is 0.372 e. The van der Waals surface area contributed by atoms with Gasteiger partial charge in [0.25, 0.3) is 11.8 Å². The van der Waals surface area contributed by atoms with Crippen molar-refractivity contribution in [2.45, 2.75) is 70.0 Å². The minimum Gasteiger partial charge on any atom is -0.372 e. The van der Waals surface area contributed by atoms with Crippen molar-refractivity contribution in [2.75, 3.05) is 78.9 Å². The van der Waals surface area contributed by atoms with E-state index in [4.69, 9.17) is 6.57 Å². The minimum absolute atomic E-state index is 0.0886. The van der Waals surface area contributed by atoms with Gasteiger partial charge in [-0.15, -0.1) is 0 Å². The molecule has 5 saturated heterocycles. The molecule has 6 aliphatic heterocycles. The summed E-state index contributed by atoms with van der Waals surface area (Å²) in [5, 5.41) is 5.17. The highest BCUT2D eigenvalue weighted by molar-refractivity contribution is 6.23. The highest BCUT2D eigenvalue weighted by Crippen LogP contribution is 2.43. The van der Waals surface area contributed by atoms with Crippen LogP contribution in [0.25, 0.3) is 4.85 Å². The van der Waals surface area contributed by atoms with Gasteiger partial charge < -0.3 is 24.9 Å². The molecule has 0 bridgehead atoms. The van der Waals surface area contributed by atoms with Crippen LogP contribution in [0.1, 0.15) is 84.1 Å². The number of rotatable bonds is 9. The van der Waals surface area contributed by atoms with Gasteiger partial charge in [-0.05, 0) is 112 Å². The van der Waals surface area contributed by atoms with Crippen LogP contribution in [0.2, 0.25) is 0 Å². The van der Waals surface area contributed by atoms with Gasteiger partial charge in [-0.3, -0.25) is 34.2 Å². The lowest BCUT2D eigenvalue weighted by Gasteiger charge is -2.54. The number of halogens is 3. The molecule has 1 spiro atoms. The number of carbonyl (C=O) groups excluding carboxylic acids is 5. The molecule has 6 aliphatic rings. The maximum absolute atomic E-state index is 13.5. The second-order valence-electron chi connectivity index (χ2n) is 18.1. The second-order valence-corrected chi connectivity index (χ2v) is 18.1. The van der Waals surface area contributed by atoms with Crippen molar-refractivity contribution in [1.82, 2.24) is 20.1 Å². The standard InChI is InChI=1S/C46H50F3N9O5/c1-50-37-6-3-32(25-36(37)46(47,48)49)55-20-13-30(14-21-55)41(60)52-39-8-4-33(26-51-39)56-18-11-29(12-19-56)10-17-54-27-45(28-54)15-22-57(23-16-45)31-2-5-34-35(24-31)44(63)58(43(34)62)38-7-9-40(59)53-42(38)61/h2-6,8,24-26,29-30,38H,7,9-23,27-28H2,(H,51,52,60)(H,53,59,61). The molecule has 330 valence electrons. The van der Waals surface area contributed by atoms with Gasteiger partial charge in [0.15, 0.2) is 5.69 Å². The molecule has 1 aromatic heterocycles. The van der Waals surface area contributed by atoms with E-state index in [0.29, 0.717) is 59.9 Å². The zero-order chi connectivity index (χ0) is 44.0. The number of amides is 5. The van der Waals surface area contributed by atoms with Gasteiger partial charge in [-0.2, -0.15) is 13.2 Å². The Labute approximate surface area is 363 Å². The number of benzene rings is 2. The Hall–Kier alpha value is -6.02. The summed E-state index contributed by atoms with van der Waals surface area (Å²) in [7, 11) is 0. The molecule has 9 rings (SSSR count). The van der Waals surface area contributed by atoms with E-state index in [2.05, 4.69) is 35.2 Å². The lowest BCUT2D eigenvalue weighted by atomic mass is 9.71. The maximum atomic E-state index is 13.5. The van der Waals surface area contributed by atoms with E-state index in [0.717, 1.165) is 93.8 Å². The first-order valence-electron chi connectivity index (χ1n) is 22.0. The number of piperidine rings is 4. The van der Waals surface area contributed by atoms with E-state index in [1.807, 2.05) is 23.1 Å². The highest BCUT2D eigenvalue weighted by atomic mass is 19.4. The Morgan fingerprint density at radius 2 is 1.44 bits per heavy atom. The largest absolute Gasteiger partial charge is 0.407 e. The third kappa shape index (κ3) is 8.57. The van der Waals surface area contributed by atoms with Crippen LogP contribution in [0, 0.1) is 23.8 Å². The quantitative estimate of drug-likeness (QED) is 0.191. The fourth-order valence-corrected chi connectivity index (χ4v) is 10.4. The van der Waals surface area contributed by atoms with Crippen LogP contribution >= 0.6 is 0 Å². The van der Waals surface area contributed by atoms with Crippen molar-refractivity contribution < 1.29 is 37.1 Å². The Balaban J connectivity index is 0.675. The van der Waals surface area contributed by atoms with Crippen LogP contribution in [-0.4, -0.2) is 109 Å². The molecule has 14 nitrogen and oxygen atoms in total. The zero-order valence-electron chi connectivity index (χ0n) is 35.0. The molecule has 0 radical (unpaired) electrons. The zero-order valence-corrected chi connectivity index (χ0v) is 35.0. The Bertz CT molecular complexity index is 2340. The molecule has 5 fully saturated rings. The Morgan fingerprint density at radius 3 is 2.11 bits per heavy atom. The summed E-state index contributed by atoms with van der Waals surface area (Å²) in [6.45, 7) is 14.8. The van der Waals surface area contributed by atoms with Crippen LogP contribution in [0.4, 0.5) is 41.7 Å². The van der Waals surface area contributed by atoms with E-state index in [1.165, 1.54) is 18.6 Å². The normalized spacial score (nSPS) is 22.2. The van der Waals surface area contributed by atoms with E-state index in [9.17, 15) is 37.1 Å². The number of alkyl halides is 3. The molecule has 63 heavy (non-hydrogen) atoms. The van der Waals surface area contributed by atoms with Crippen molar-refractivity contribution in [3.8, 4) is 0 Å². The van der Waals surface area contributed by atoms with Crippen molar-refractivity contribution in [1.29, 1.82) is 0 Å². The minimum atomic E-state index is -4.61. The number of aromatic nitrogens is 1. The van der Waals surface area contributed by atoms with Crippen LogP contribution in [0.15, 0.2) is 54.7 Å². The SMILES string of the molecule is [C-]#[N+]c1ccc(N2CCC(C(=O)Nc3ccc(N4CCC(CCN5CC6(CCN(c7ccc8c(c7)C(=O)N(C7CCC(=O)NC7=O)C8=O)CC6)C5)CC4)cn3)CC2)cc1C(F)(F)F. The van der Waals surface area contributed by atoms with Gasteiger partial charge in [-0.25, -0.2) is 9.83 Å². The van der Waals surface area contributed by atoms with Crippen LogP contribution in [0.3, 0.4) is 0 Å². The first-order chi connectivity index (χ1) is 30.3. The third-order valence-electron chi connectivity index (χ3n) is 14.2. The monoisotopic (exact) mass is 865 g/mol. The molecule has 1 atom stereocenters. The average Bonchev–Trinajstić information content (AvgIpc) is 3.52. The molecular formula is C46H50F3N9O5. The van der Waals surface area contributed by atoms with Crippen LogP contribution < -0.4 is 25.3 Å². The average molecular weight is 866 g/mol. The lowest BCUT2D eigenvalue weighted by Crippen LogP contribution is -2.60. The molecule has 5 amide bonds. The highest BCUT2D eigenvalue weighted by Gasteiger charge is 2.47. The molecular weight excluding hydrogens is 816 g/mol. The molecule has 3 aromatic rings. The van der Waals surface area contributed by atoms with Gasteiger partial charge in [-0.1, -0.05) is 6.07 Å². The summed E-state index contributed by atoms with van der Waals surface area (Å²) < 4.78 is 40.5. The topological polar surface area (TPSA) is 143 Å². The van der Waals surface area contributed by atoms with Gasteiger partial charge in [0.05, 0.1) is 35.1 Å². The van der Waals surface area contributed by atoms with E-state index in [1.54, 1.807) is 18.3 Å². The molecule has 0 aliphatic carbocycles. The summed E-state index contributed by atoms with van der Waals surface area (Å²) in [5.41, 5.74) is 1.88. The van der Waals surface area contributed by atoms with Crippen LogP contribution in [-0.2, 0) is 20.6 Å². The van der Waals surface area contributed by atoms with Crippen molar-refractivity contribution in [2.24, 2.45) is 17.3 Å². The number of fused-ring (bicyclic) bond motifs is 1. The Morgan fingerprint density at radius 1 is 0.810 bits per heavy atom. The van der Waals surface area contributed by atoms with Gasteiger partial charge in [0, 0.05) is 76.1 Å². The van der Waals surface area contributed by atoms with Gasteiger partial charge in [0.2, 0.25) is 17.7 Å². The number of hydrogen-bond donors (Lipinski definition) is 2. The maximum Gasteiger partial charge on any atom is 0.407 e. The van der Waals surface area contributed by atoms with Gasteiger partial charge >= 0.3 is 6.18 Å². The third-order valence-corrected chi connectivity index (χ3v) is 14.2. The predicted molar refractivity (Wildman–Crippen MR) is 228 cm³/mol. The molecule has 1 unspecified atom stereocenters. The summed E-state index contributed by atoms with van der Waals surface area (Å²) in [6, 6.07) is 12.0. The summed E-state index contributed by atoms with van der Waals surface area (Å²) >= 11 is 0. The Kier molecular flexibility index (Phi) is 11.4. The second kappa shape index (κ2) is 16.9. The lowest BCUT2D eigenvalue weighted by molar-refractivity contribution is -0.137. The number of pyridine rings is 1. The van der Waals surface area contributed by atoms with Crippen LogP contribution in [0.5, 0.6) is 0 Å². The number of likely N-dealkylation sites (tertiary alicyclic amines) is 1. The first-order valence-corrected chi connectivity index (χ1v) is 22.0. The number of hydrogen-bond acceptors (Lipinski definition) is 10. The molecule has 2 aromatic carbocycles. The van der Waals surface area contributed by atoms with Crippen molar-refractivity contribution >= 4 is 58.1 Å². The van der Waals surface area contributed by atoms with E-state index >= 15 is 0 Å². The summed E-state index contributed by atoms with van der Waals surface area (Å²) in [5.74, 6) is -1.28. The van der Waals surface area contributed by atoms with Crippen molar-refractivity contribution in [3.63, 3.8) is 0 Å². The number of carbonyl (C=O) groups is 5. The molecule has 7 heterocycles. The number of nitrogens with zero attached hydrogens (tertiary/aromatic N) is 7. The van der Waals surface area contributed by atoms with E-state index < -0.39 is 47.1 Å². The molecule has 2 N–H and O–H groups in total. The van der Waals surface area contributed by atoms with Gasteiger partial charge in [0.1, 0.15) is 11.9 Å². The fourth-order valence-electron chi connectivity index (χ4n) is 10.4. The summed E-state index contributed by atoms with van der Waals surface area (Å²) in [6.07, 6.45) is 3.89. The predicted octanol–water partition coefficient (Wildman–Crippen LogP) is 6.12. The summed E-state index contributed by atoms with van der Waals surface area (Å²) in [4.78, 5) is 81.2. The first kappa shape index (κ1) is 42.3. The number of imide groups is 2.